The molecule has 2 aromatic carbocycles. The topological polar surface area (TPSA) is 77.2 Å². The van der Waals surface area contributed by atoms with Crippen LogP contribution in [0.25, 0.3) is 0 Å². The second-order valence-corrected chi connectivity index (χ2v) is 8.08. The van der Waals surface area contributed by atoms with Crippen LogP contribution >= 0.6 is 0 Å². The van der Waals surface area contributed by atoms with Gasteiger partial charge in [-0.1, -0.05) is 12.1 Å². The van der Waals surface area contributed by atoms with Crippen LogP contribution in [-0.2, 0) is 12.8 Å². The standard InChI is InChI=1S/C23H27N3O4/c1-29-21-13-18-15-23(24-16-19(18)14-22(21)30-2)8-11-25(12-9-23)10-7-17-3-5-20(6-4-17)26(27)28/h3-6,13-14,16H,7-12,15H2,1-2H3. The predicted molar refractivity (Wildman–Crippen MR) is 116 cm³/mol. The fraction of sp³-hybridized carbons (Fsp3) is 0.435. The van der Waals surface area contributed by atoms with Gasteiger partial charge in [0, 0.05) is 38.0 Å². The van der Waals surface area contributed by atoms with E-state index in [1.165, 1.54) is 5.56 Å². The molecule has 1 saturated heterocycles. The highest BCUT2D eigenvalue weighted by Gasteiger charge is 2.36. The molecule has 0 radical (unpaired) electrons. The van der Waals surface area contributed by atoms with Gasteiger partial charge in [0.25, 0.3) is 5.69 Å². The first-order valence-corrected chi connectivity index (χ1v) is 10.3. The summed E-state index contributed by atoms with van der Waals surface area (Å²) >= 11 is 0. The van der Waals surface area contributed by atoms with E-state index in [1.54, 1.807) is 26.4 Å². The summed E-state index contributed by atoms with van der Waals surface area (Å²) in [5.74, 6) is 1.50. The lowest BCUT2D eigenvalue weighted by molar-refractivity contribution is -0.384. The number of non-ortho nitro benzene ring substituents is 1. The summed E-state index contributed by atoms with van der Waals surface area (Å²) in [6.07, 6.45) is 5.87. The molecule has 0 saturated carbocycles. The molecule has 0 bridgehead atoms. The molecule has 7 nitrogen and oxygen atoms in total. The SMILES string of the molecule is COc1cc2c(cc1OC)CC1(CCN(CCc3ccc([N+](=O)[O-])cc3)CC1)N=C2. The molecule has 2 aliphatic rings. The van der Waals surface area contributed by atoms with Gasteiger partial charge in [0.15, 0.2) is 11.5 Å². The van der Waals surface area contributed by atoms with Crippen LogP contribution in [0.1, 0.15) is 29.5 Å². The highest BCUT2D eigenvalue weighted by Crippen LogP contribution is 2.38. The zero-order valence-corrected chi connectivity index (χ0v) is 17.5. The molecule has 2 aromatic rings. The van der Waals surface area contributed by atoms with E-state index in [0.29, 0.717) is 0 Å². The zero-order valence-electron chi connectivity index (χ0n) is 17.5. The molecule has 1 fully saturated rings. The summed E-state index contributed by atoms with van der Waals surface area (Å²) in [7, 11) is 3.32. The Bertz CT molecular complexity index is 948. The number of benzene rings is 2. The molecule has 2 heterocycles. The van der Waals surface area contributed by atoms with Crippen molar-refractivity contribution in [2.45, 2.75) is 31.2 Å². The third-order valence-corrected chi connectivity index (χ3v) is 6.29. The van der Waals surface area contributed by atoms with Gasteiger partial charge in [-0.2, -0.15) is 0 Å². The number of nitro groups is 1. The molecular weight excluding hydrogens is 382 g/mol. The van der Waals surface area contributed by atoms with Crippen molar-refractivity contribution in [1.29, 1.82) is 0 Å². The molecule has 4 rings (SSSR count). The van der Waals surface area contributed by atoms with E-state index in [1.807, 2.05) is 24.4 Å². The molecule has 0 unspecified atom stereocenters. The molecule has 2 aliphatic heterocycles. The average Bonchev–Trinajstić information content (AvgIpc) is 2.78. The van der Waals surface area contributed by atoms with Gasteiger partial charge >= 0.3 is 0 Å². The van der Waals surface area contributed by atoms with Gasteiger partial charge in [-0.05, 0) is 54.5 Å². The maximum atomic E-state index is 10.8. The van der Waals surface area contributed by atoms with Crippen LogP contribution in [0.2, 0.25) is 0 Å². The first-order valence-electron chi connectivity index (χ1n) is 10.3. The number of fused-ring (bicyclic) bond motifs is 1. The highest BCUT2D eigenvalue weighted by atomic mass is 16.6. The van der Waals surface area contributed by atoms with E-state index in [0.717, 1.165) is 67.9 Å². The van der Waals surface area contributed by atoms with Gasteiger partial charge in [-0.3, -0.25) is 15.1 Å². The van der Waals surface area contributed by atoms with Gasteiger partial charge in [0.05, 0.1) is 24.7 Å². The van der Waals surface area contributed by atoms with E-state index >= 15 is 0 Å². The number of nitrogens with zero attached hydrogens (tertiary/aromatic N) is 3. The molecule has 0 atom stereocenters. The largest absolute Gasteiger partial charge is 0.493 e. The number of nitro benzene ring substituents is 1. The minimum atomic E-state index is -0.359. The summed E-state index contributed by atoms with van der Waals surface area (Å²) in [6.45, 7) is 2.97. The lowest BCUT2D eigenvalue weighted by Crippen LogP contribution is -2.46. The van der Waals surface area contributed by atoms with E-state index in [2.05, 4.69) is 11.0 Å². The van der Waals surface area contributed by atoms with Crippen LogP contribution in [-0.4, -0.2) is 55.4 Å². The van der Waals surface area contributed by atoms with Gasteiger partial charge in [-0.25, -0.2) is 0 Å². The summed E-state index contributed by atoms with van der Waals surface area (Å²) < 4.78 is 10.9. The third kappa shape index (κ3) is 4.16. The van der Waals surface area contributed by atoms with Crippen molar-refractivity contribution >= 4 is 11.9 Å². The molecule has 158 valence electrons. The molecule has 7 heteroatoms. The van der Waals surface area contributed by atoms with E-state index in [4.69, 9.17) is 14.5 Å². The van der Waals surface area contributed by atoms with E-state index < -0.39 is 0 Å². The number of rotatable bonds is 6. The molecular formula is C23H27N3O4. The lowest BCUT2D eigenvalue weighted by atomic mass is 9.79. The van der Waals surface area contributed by atoms with Crippen molar-refractivity contribution < 1.29 is 14.4 Å². The Labute approximate surface area is 176 Å². The fourth-order valence-corrected chi connectivity index (χ4v) is 4.39. The molecule has 1 spiro atoms. The van der Waals surface area contributed by atoms with Crippen molar-refractivity contribution in [3.05, 3.63) is 63.2 Å². The Morgan fingerprint density at radius 2 is 1.77 bits per heavy atom. The Balaban J connectivity index is 1.35. The lowest BCUT2D eigenvalue weighted by Gasteiger charge is -2.41. The van der Waals surface area contributed by atoms with Crippen molar-refractivity contribution in [3.63, 3.8) is 0 Å². The molecule has 30 heavy (non-hydrogen) atoms. The first-order chi connectivity index (χ1) is 14.5. The first kappa shape index (κ1) is 20.3. The number of aliphatic imine (C=N–C) groups is 1. The summed E-state index contributed by atoms with van der Waals surface area (Å²) in [5, 5.41) is 10.8. The van der Waals surface area contributed by atoms with Crippen molar-refractivity contribution in [2.75, 3.05) is 33.9 Å². The van der Waals surface area contributed by atoms with Crippen LogP contribution in [0.4, 0.5) is 5.69 Å². The number of methoxy groups -OCH3 is 2. The maximum Gasteiger partial charge on any atom is 0.269 e. The van der Waals surface area contributed by atoms with Crippen LogP contribution in [0.3, 0.4) is 0 Å². The Kier molecular flexibility index (Phi) is 5.72. The average molecular weight is 409 g/mol. The van der Waals surface area contributed by atoms with Crippen LogP contribution in [0.5, 0.6) is 11.5 Å². The normalized spacial score (nSPS) is 17.5. The Hall–Kier alpha value is -2.93. The molecule has 0 N–H and O–H groups in total. The number of hydrogen-bond acceptors (Lipinski definition) is 6. The molecule has 0 amide bonds. The van der Waals surface area contributed by atoms with Crippen molar-refractivity contribution in [2.24, 2.45) is 4.99 Å². The van der Waals surface area contributed by atoms with E-state index in [-0.39, 0.29) is 16.1 Å². The molecule has 0 aliphatic carbocycles. The van der Waals surface area contributed by atoms with Crippen molar-refractivity contribution in [3.8, 4) is 11.5 Å². The fourth-order valence-electron chi connectivity index (χ4n) is 4.39. The van der Waals surface area contributed by atoms with Crippen LogP contribution < -0.4 is 9.47 Å². The minimum Gasteiger partial charge on any atom is -0.493 e. The predicted octanol–water partition coefficient (Wildman–Crippen LogP) is 3.66. The Morgan fingerprint density at radius 1 is 1.10 bits per heavy atom. The summed E-state index contributed by atoms with van der Waals surface area (Å²) in [4.78, 5) is 17.8. The second-order valence-electron chi connectivity index (χ2n) is 8.08. The smallest absolute Gasteiger partial charge is 0.269 e. The minimum absolute atomic E-state index is 0.0313. The Morgan fingerprint density at radius 3 is 2.40 bits per heavy atom. The van der Waals surface area contributed by atoms with Gasteiger partial charge in [-0.15, -0.1) is 0 Å². The van der Waals surface area contributed by atoms with E-state index in [9.17, 15) is 10.1 Å². The summed E-state index contributed by atoms with van der Waals surface area (Å²) in [6, 6.07) is 11.0. The zero-order chi connectivity index (χ0) is 21.1. The number of ether oxygens (including phenoxy) is 2. The number of likely N-dealkylation sites (tertiary alicyclic amines) is 1. The number of piperidine rings is 1. The van der Waals surface area contributed by atoms with Crippen LogP contribution in [0.15, 0.2) is 41.4 Å². The summed E-state index contributed by atoms with van der Waals surface area (Å²) in [5.41, 5.74) is 3.62. The monoisotopic (exact) mass is 409 g/mol. The van der Waals surface area contributed by atoms with Gasteiger partial charge in [0.1, 0.15) is 0 Å². The highest BCUT2D eigenvalue weighted by molar-refractivity contribution is 5.85. The second kappa shape index (κ2) is 8.44. The molecule has 0 aromatic heterocycles. The van der Waals surface area contributed by atoms with Gasteiger partial charge < -0.3 is 14.4 Å². The third-order valence-electron chi connectivity index (χ3n) is 6.29. The van der Waals surface area contributed by atoms with Crippen LogP contribution in [0, 0.1) is 10.1 Å². The van der Waals surface area contributed by atoms with Crippen molar-refractivity contribution in [1.82, 2.24) is 4.90 Å². The van der Waals surface area contributed by atoms with Gasteiger partial charge in [0.2, 0.25) is 0 Å². The maximum absolute atomic E-state index is 10.8. The number of hydrogen-bond donors (Lipinski definition) is 0. The quantitative estimate of drug-likeness (QED) is 0.537.